The Morgan fingerprint density at radius 2 is 2.23 bits per heavy atom. The van der Waals surface area contributed by atoms with Gasteiger partial charge in [-0.25, -0.2) is 0 Å². The predicted octanol–water partition coefficient (Wildman–Crippen LogP) is 2.17. The lowest BCUT2D eigenvalue weighted by molar-refractivity contribution is 0.113. The molecule has 0 radical (unpaired) electrons. The molecule has 1 N–H and O–H groups in total. The molecule has 13 heavy (non-hydrogen) atoms. The molecule has 0 heterocycles. The van der Waals surface area contributed by atoms with E-state index in [4.69, 9.17) is 11.6 Å². The molecule has 0 bridgehead atoms. The van der Waals surface area contributed by atoms with Gasteiger partial charge in [0, 0.05) is 12.4 Å². The monoisotopic (exact) mass is 204 g/mol. The van der Waals surface area contributed by atoms with Gasteiger partial charge in [0.05, 0.1) is 6.54 Å². The minimum atomic E-state index is -1.25. The van der Waals surface area contributed by atoms with Crippen molar-refractivity contribution in [2.75, 3.05) is 6.54 Å². The van der Waals surface area contributed by atoms with Crippen LogP contribution in [-0.2, 0) is 0 Å². The zero-order valence-corrected chi connectivity index (χ0v) is 9.12. The first kappa shape index (κ1) is 12.5. The molecule has 0 spiro atoms. The molecule has 0 aromatic carbocycles. The first-order chi connectivity index (χ1) is 5.99. The van der Waals surface area contributed by atoms with E-state index in [-0.39, 0.29) is 6.54 Å². The Morgan fingerprint density at radius 1 is 1.62 bits per heavy atom. The minimum Gasteiger partial charge on any atom is -0.373 e. The lowest BCUT2D eigenvalue weighted by Crippen LogP contribution is -2.30. The summed E-state index contributed by atoms with van der Waals surface area (Å²) in [5.74, 6) is 0. The van der Waals surface area contributed by atoms with Crippen molar-refractivity contribution in [3.05, 3.63) is 12.3 Å². The number of hydrogen-bond acceptors (Lipinski definition) is 3. The smallest absolute Gasteiger partial charge is 0.155 e. The first-order valence-corrected chi connectivity index (χ1v) is 4.70. The standard InChI is InChI=1S/C9H17ClN2O/c1-4-6-7-12(11-5-2)8-9(3,10)13/h5-7,13H,4,8H2,1-3H3/b7-6+,11-5-. The van der Waals surface area contributed by atoms with Gasteiger partial charge in [0.25, 0.3) is 0 Å². The Bertz CT molecular complexity index is 185. The van der Waals surface area contributed by atoms with E-state index in [0.29, 0.717) is 0 Å². The zero-order valence-electron chi connectivity index (χ0n) is 8.37. The highest BCUT2D eigenvalue weighted by Gasteiger charge is 2.18. The van der Waals surface area contributed by atoms with E-state index in [9.17, 15) is 5.11 Å². The second kappa shape index (κ2) is 6.00. The highest BCUT2D eigenvalue weighted by atomic mass is 35.5. The van der Waals surface area contributed by atoms with E-state index >= 15 is 0 Å². The number of nitrogens with zero attached hydrogens (tertiary/aromatic N) is 2. The molecule has 0 aliphatic heterocycles. The van der Waals surface area contributed by atoms with Gasteiger partial charge in [0.2, 0.25) is 0 Å². The van der Waals surface area contributed by atoms with E-state index in [0.717, 1.165) is 6.42 Å². The second-order valence-electron chi connectivity index (χ2n) is 2.91. The maximum absolute atomic E-state index is 9.33. The summed E-state index contributed by atoms with van der Waals surface area (Å²) in [5.41, 5.74) is 0. The maximum Gasteiger partial charge on any atom is 0.155 e. The second-order valence-corrected chi connectivity index (χ2v) is 3.72. The molecule has 0 aliphatic carbocycles. The summed E-state index contributed by atoms with van der Waals surface area (Å²) >= 11 is 5.65. The molecule has 0 amide bonds. The molecule has 3 nitrogen and oxygen atoms in total. The van der Waals surface area contributed by atoms with Crippen molar-refractivity contribution in [1.29, 1.82) is 0 Å². The number of hydrogen-bond donors (Lipinski definition) is 1. The lowest BCUT2D eigenvalue weighted by Gasteiger charge is -2.21. The molecule has 0 rings (SSSR count). The van der Waals surface area contributed by atoms with Gasteiger partial charge in [0.15, 0.2) is 5.06 Å². The summed E-state index contributed by atoms with van der Waals surface area (Å²) in [4.78, 5) is 0. The zero-order chi connectivity index (χ0) is 10.3. The molecule has 0 aromatic rings. The Kier molecular flexibility index (Phi) is 5.75. The number of aliphatic hydroxyl groups is 1. The van der Waals surface area contributed by atoms with Crippen LogP contribution < -0.4 is 0 Å². The van der Waals surface area contributed by atoms with E-state index in [2.05, 4.69) is 5.10 Å². The van der Waals surface area contributed by atoms with E-state index < -0.39 is 5.06 Å². The molecule has 0 aromatic heterocycles. The van der Waals surface area contributed by atoms with Gasteiger partial charge in [-0.2, -0.15) is 5.10 Å². The van der Waals surface area contributed by atoms with Crippen LogP contribution in [0.25, 0.3) is 0 Å². The molecule has 0 saturated carbocycles. The van der Waals surface area contributed by atoms with Gasteiger partial charge in [0.1, 0.15) is 0 Å². The van der Waals surface area contributed by atoms with Crippen LogP contribution in [0.2, 0.25) is 0 Å². The number of allylic oxidation sites excluding steroid dienone is 1. The molecule has 1 unspecified atom stereocenters. The van der Waals surface area contributed by atoms with E-state index in [1.54, 1.807) is 17.4 Å². The van der Waals surface area contributed by atoms with Crippen molar-refractivity contribution >= 4 is 17.8 Å². The fourth-order valence-electron chi connectivity index (χ4n) is 0.803. The van der Waals surface area contributed by atoms with Crippen LogP contribution in [0.15, 0.2) is 17.4 Å². The molecule has 1 atom stereocenters. The van der Waals surface area contributed by atoms with Crippen LogP contribution in [0.5, 0.6) is 0 Å². The number of alkyl halides is 1. The Morgan fingerprint density at radius 3 is 2.62 bits per heavy atom. The number of hydrazone groups is 1. The van der Waals surface area contributed by atoms with Gasteiger partial charge in [-0.3, -0.25) is 5.01 Å². The molecule has 4 heteroatoms. The fraction of sp³-hybridized carbons (Fsp3) is 0.667. The molecule has 0 fully saturated rings. The lowest BCUT2D eigenvalue weighted by atomic mass is 10.4. The van der Waals surface area contributed by atoms with Crippen LogP contribution in [-0.4, -0.2) is 27.9 Å². The van der Waals surface area contributed by atoms with Crippen molar-refractivity contribution in [3.8, 4) is 0 Å². The molecular formula is C9H17ClN2O. The summed E-state index contributed by atoms with van der Waals surface area (Å²) in [6.07, 6.45) is 6.34. The molecule has 0 aliphatic rings. The van der Waals surface area contributed by atoms with Crippen molar-refractivity contribution < 1.29 is 5.11 Å². The highest BCUT2D eigenvalue weighted by Crippen LogP contribution is 2.11. The van der Waals surface area contributed by atoms with Crippen LogP contribution in [0, 0.1) is 0 Å². The number of rotatable bonds is 5. The Labute approximate surface area is 84.7 Å². The van der Waals surface area contributed by atoms with Gasteiger partial charge in [-0.1, -0.05) is 24.6 Å². The quantitative estimate of drug-likeness (QED) is 0.423. The molecular weight excluding hydrogens is 188 g/mol. The summed E-state index contributed by atoms with van der Waals surface area (Å²) in [5, 5.41) is 13.7. The largest absolute Gasteiger partial charge is 0.373 e. The van der Waals surface area contributed by atoms with Crippen LogP contribution in [0.4, 0.5) is 0 Å². The highest BCUT2D eigenvalue weighted by molar-refractivity contribution is 6.22. The van der Waals surface area contributed by atoms with Crippen LogP contribution in [0.1, 0.15) is 27.2 Å². The maximum atomic E-state index is 9.33. The third-order valence-corrected chi connectivity index (χ3v) is 1.35. The topological polar surface area (TPSA) is 35.8 Å². The Hall–Kier alpha value is -0.540. The van der Waals surface area contributed by atoms with Gasteiger partial charge >= 0.3 is 0 Å². The minimum absolute atomic E-state index is 0.273. The number of halogens is 1. The SMILES string of the molecule is C/C=N\N(/C=C/CC)CC(C)(O)Cl. The van der Waals surface area contributed by atoms with Gasteiger partial charge in [-0.15, -0.1) is 0 Å². The molecule has 76 valence electrons. The summed E-state index contributed by atoms with van der Waals surface area (Å²) in [7, 11) is 0. The van der Waals surface area contributed by atoms with E-state index in [1.165, 1.54) is 6.92 Å². The normalized spacial score (nSPS) is 16.7. The average molecular weight is 205 g/mol. The van der Waals surface area contributed by atoms with Crippen molar-refractivity contribution in [1.82, 2.24) is 5.01 Å². The fourth-order valence-corrected chi connectivity index (χ4v) is 0.926. The molecule has 0 saturated heterocycles. The van der Waals surface area contributed by atoms with Gasteiger partial charge in [-0.05, 0) is 20.3 Å². The van der Waals surface area contributed by atoms with E-state index in [1.807, 2.05) is 19.9 Å². The summed E-state index contributed by atoms with van der Waals surface area (Å²) in [6, 6.07) is 0. The summed E-state index contributed by atoms with van der Waals surface area (Å²) in [6.45, 7) is 5.65. The van der Waals surface area contributed by atoms with Gasteiger partial charge < -0.3 is 5.11 Å². The van der Waals surface area contributed by atoms with Crippen LogP contribution in [0.3, 0.4) is 0 Å². The Balaban J connectivity index is 4.18. The first-order valence-electron chi connectivity index (χ1n) is 4.32. The van der Waals surface area contributed by atoms with Crippen molar-refractivity contribution in [2.45, 2.75) is 32.3 Å². The van der Waals surface area contributed by atoms with Crippen molar-refractivity contribution in [3.63, 3.8) is 0 Å². The van der Waals surface area contributed by atoms with Crippen molar-refractivity contribution in [2.24, 2.45) is 5.10 Å². The third-order valence-electron chi connectivity index (χ3n) is 1.23. The van der Waals surface area contributed by atoms with Crippen LogP contribution >= 0.6 is 11.6 Å². The predicted molar refractivity (Wildman–Crippen MR) is 56.8 cm³/mol. The third kappa shape index (κ3) is 7.81. The summed E-state index contributed by atoms with van der Waals surface area (Å²) < 4.78 is 0. The average Bonchev–Trinajstić information content (AvgIpc) is 1.98.